The summed E-state index contributed by atoms with van der Waals surface area (Å²) in [5.74, 6) is 2.03. The van der Waals surface area contributed by atoms with Gasteiger partial charge in [-0.3, -0.25) is 0 Å². The van der Waals surface area contributed by atoms with Crippen molar-refractivity contribution in [2.75, 3.05) is 6.61 Å². The highest BCUT2D eigenvalue weighted by atomic mass is 16.6. The van der Waals surface area contributed by atoms with E-state index in [0.717, 1.165) is 24.2 Å². The fourth-order valence-electron chi connectivity index (χ4n) is 4.38. The Bertz CT molecular complexity index is 1100. The first-order chi connectivity index (χ1) is 19.6. The maximum absolute atomic E-state index is 12.6. The number of carbonyl (C=O) groups excluding carboxylic acids is 1. The van der Waals surface area contributed by atoms with E-state index in [1.807, 2.05) is 48.8 Å². The first-order valence-electron chi connectivity index (χ1n) is 15.1. The molecule has 6 nitrogen and oxygen atoms in total. The topological polar surface area (TPSA) is 70.5 Å². The zero-order chi connectivity index (χ0) is 28.4. The predicted molar refractivity (Wildman–Crippen MR) is 161 cm³/mol. The molecule has 0 aliphatic rings. The van der Waals surface area contributed by atoms with Gasteiger partial charge in [0.25, 0.3) is 0 Å². The van der Waals surface area contributed by atoms with E-state index in [1.54, 1.807) is 19.1 Å². The van der Waals surface area contributed by atoms with Gasteiger partial charge in [-0.25, -0.2) is 14.8 Å². The van der Waals surface area contributed by atoms with Crippen LogP contribution < -0.4 is 14.2 Å². The number of nitrogens with zero attached hydrogens (tertiary/aromatic N) is 2. The molecule has 0 aliphatic heterocycles. The lowest BCUT2D eigenvalue weighted by Crippen LogP contribution is -2.28. The molecule has 2 aromatic carbocycles. The number of aryl methyl sites for hydroxylation is 1. The molecule has 40 heavy (non-hydrogen) atoms. The molecule has 0 amide bonds. The lowest BCUT2D eigenvalue weighted by atomic mass is 10.1. The van der Waals surface area contributed by atoms with Crippen LogP contribution in [0.25, 0.3) is 11.4 Å². The Morgan fingerprint density at radius 3 is 1.90 bits per heavy atom. The Balaban J connectivity index is 1.40. The highest BCUT2D eigenvalue weighted by molar-refractivity contribution is 5.77. The van der Waals surface area contributed by atoms with Crippen LogP contribution in [0.4, 0.5) is 0 Å². The van der Waals surface area contributed by atoms with Gasteiger partial charge in [-0.2, -0.15) is 0 Å². The number of hydrogen-bond acceptors (Lipinski definition) is 6. The molecule has 0 unspecified atom stereocenters. The third-order valence-corrected chi connectivity index (χ3v) is 6.84. The Morgan fingerprint density at radius 1 is 0.700 bits per heavy atom. The van der Waals surface area contributed by atoms with Crippen LogP contribution in [0.5, 0.6) is 17.2 Å². The van der Waals surface area contributed by atoms with Crippen molar-refractivity contribution in [3.05, 3.63) is 66.5 Å². The Kier molecular flexibility index (Phi) is 14.0. The van der Waals surface area contributed by atoms with Gasteiger partial charge < -0.3 is 14.2 Å². The quantitative estimate of drug-likeness (QED) is 0.0850. The maximum atomic E-state index is 12.6. The van der Waals surface area contributed by atoms with Crippen molar-refractivity contribution >= 4 is 5.97 Å². The SMILES string of the molecule is CCCCCCCCc1cnc(-c2ccc(O[C@H](C)C(=O)Oc3ccc(OCCCCCCC)cc3)cc2)nc1. The molecule has 216 valence electrons. The first-order valence-corrected chi connectivity index (χ1v) is 15.1. The van der Waals surface area contributed by atoms with E-state index in [2.05, 4.69) is 23.8 Å². The second kappa shape index (κ2) is 18.0. The summed E-state index contributed by atoms with van der Waals surface area (Å²) < 4.78 is 17.1. The molecule has 3 aromatic rings. The summed E-state index contributed by atoms with van der Waals surface area (Å²) in [6, 6.07) is 14.6. The fourth-order valence-corrected chi connectivity index (χ4v) is 4.38. The number of rotatable bonds is 19. The molecule has 6 heteroatoms. The van der Waals surface area contributed by atoms with Gasteiger partial charge in [0.15, 0.2) is 11.9 Å². The number of carbonyl (C=O) groups is 1. The summed E-state index contributed by atoms with van der Waals surface area (Å²) in [5.41, 5.74) is 2.07. The molecule has 3 rings (SSSR count). The molecule has 0 fully saturated rings. The number of benzene rings is 2. The lowest BCUT2D eigenvalue weighted by Gasteiger charge is -2.14. The normalized spacial score (nSPS) is 11.7. The summed E-state index contributed by atoms with van der Waals surface area (Å²) in [6.45, 7) is 6.83. The molecular weight excluding hydrogens is 500 g/mol. The Hall–Kier alpha value is -3.41. The van der Waals surface area contributed by atoms with E-state index in [4.69, 9.17) is 14.2 Å². The first kappa shape index (κ1) is 31.1. The average molecular weight is 547 g/mol. The van der Waals surface area contributed by atoms with Crippen LogP contribution in [0.2, 0.25) is 0 Å². The van der Waals surface area contributed by atoms with E-state index in [9.17, 15) is 4.79 Å². The smallest absolute Gasteiger partial charge is 0.352 e. The molecule has 0 aliphatic carbocycles. The van der Waals surface area contributed by atoms with Crippen molar-refractivity contribution in [1.82, 2.24) is 9.97 Å². The zero-order valence-corrected chi connectivity index (χ0v) is 24.6. The van der Waals surface area contributed by atoms with Crippen molar-refractivity contribution < 1.29 is 19.0 Å². The number of hydrogen-bond donors (Lipinski definition) is 0. The number of esters is 1. The van der Waals surface area contributed by atoms with E-state index < -0.39 is 12.1 Å². The van der Waals surface area contributed by atoms with Crippen molar-refractivity contribution in [2.24, 2.45) is 0 Å². The summed E-state index contributed by atoms with van der Waals surface area (Å²) >= 11 is 0. The van der Waals surface area contributed by atoms with Gasteiger partial charge in [-0.1, -0.05) is 71.6 Å². The predicted octanol–water partition coefficient (Wildman–Crippen LogP) is 8.77. The highest BCUT2D eigenvalue weighted by Crippen LogP contribution is 2.22. The minimum absolute atomic E-state index is 0.460. The minimum Gasteiger partial charge on any atom is -0.494 e. The Morgan fingerprint density at radius 2 is 1.25 bits per heavy atom. The molecule has 0 saturated heterocycles. The van der Waals surface area contributed by atoms with Gasteiger partial charge in [-0.15, -0.1) is 0 Å². The number of aromatic nitrogens is 2. The van der Waals surface area contributed by atoms with Gasteiger partial charge in [0, 0.05) is 18.0 Å². The van der Waals surface area contributed by atoms with Crippen molar-refractivity contribution in [3.63, 3.8) is 0 Å². The molecular formula is C34H46N2O4. The van der Waals surface area contributed by atoms with Crippen LogP contribution in [0.15, 0.2) is 60.9 Å². The van der Waals surface area contributed by atoms with Crippen molar-refractivity contribution in [1.29, 1.82) is 0 Å². The highest BCUT2D eigenvalue weighted by Gasteiger charge is 2.17. The minimum atomic E-state index is -0.762. The summed E-state index contributed by atoms with van der Waals surface area (Å²) in [6.07, 6.45) is 17.8. The molecule has 0 saturated carbocycles. The average Bonchev–Trinajstić information content (AvgIpc) is 2.98. The van der Waals surface area contributed by atoms with E-state index in [-0.39, 0.29) is 0 Å². The van der Waals surface area contributed by atoms with Gasteiger partial charge in [0.2, 0.25) is 0 Å². The van der Waals surface area contributed by atoms with E-state index >= 15 is 0 Å². The van der Waals surface area contributed by atoms with Crippen LogP contribution in [0.1, 0.15) is 97.0 Å². The maximum Gasteiger partial charge on any atom is 0.352 e. The number of ether oxygens (including phenoxy) is 3. The molecule has 0 spiro atoms. The fraction of sp³-hybridized carbons (Fsp3) is 0.500. The second-order valence-corrected chi connectivity index (χ2v) is 10.4. The van der Waals surface area contributed by atoms with Gasteiger partial charge in [0.05, 0.1) is 6.61 Å². The molecule has 0 N–H and O–H groups in total. The van der Waals surface area contributed by atoms with Crippen LogP contribution in [0, 0.1) is 0 Å². The second-order valence-electron chi connectivity index (χ2n) is 10.4. The van der Waals surface area contributed by atoms with Gasteiger partial charge >= 0.3 is 5.97 Å². The van der Waals surface area contributed by atoms with Crippen LogP contribution in [-0.4, -0.2) is 28.6 Å². The summed E-state index contributed by atoms with van der Waals surface area (Å²) in [5, 5.41) is 0. The van der Waals surface area contributed by atoms with Crippen molar-refractivity contribution in [2.45, 2.75) is 104 Å². The van der Waals surface area contributed by atoms with E-state index in [1.165, 1.54) is 69.8 Å². The summed E-state index contributed by atoms with van der Waals surface area (Å²) in [4.78, 5) is 21.7. The third-order valence-electron chi connectivity index (χ3n) is 6.84. The van der Waals surface area contributed by atoms with Crippen LogP contribution in [-0.2, 0) is 11.2 Å². The molecule has 1 atom stereocenters. The molecule has 0 radical (unpaired) electrons. The standard InChI is InChI=1S/C34H46N2O4/c1-4-6-8-10-11-13-15-28-25-35-33(36-26-28)29-16-18-31(19-17-29)39-27(3)34(37)40-32-22-20-30(21-23-32)38-24-14-12-9-7-5-2/h16-23,25-27H,4-15,24H2,1-3H3/t27-/m1/s1. The largest absolute Gasteiger partial charge is 0.494 e. The lowest BCUT2D eigenvalue weighted by molar-refractivity contribution is -0.141. The van der Waals surface area contributed by atoms with Gasteiger partial charge in [-0.05, 0) is 80.3 Å². The third kappa shape index (κ3) is 11.4. The summed E-state index contributed by atoms with van der Waals surface area (Å²) in [7, 11) is 0. The Labute approximate surface area is 240 Å². The van der Waals surface area contributed by atoms with Crippen LogP contribution in [0.3, 0.4) is 0 Å². The zero-order valence-electron chi connectivity index (χ0n) is 24.6. The van der Waals surface area contributed by atoms with Crippen LogP contribution >= 0.6 is 0 Å². The molecule has 0 bridgehead atoms. The van der Waals surface area contributed by atoms with Gasteiger partial charge in [0.1, 0.15) is 17.2 Å². The molecule has 1 heterocycles. The molecule has 1 aromatic heterocycles. The van der Waals surface area contributed by atoms with Crippen molar-refractivity contribution in [3.8, 4) is 28.6 Å². The van der Waals surface area contributed by atoms with E-state index in [0.29, 0.717) is 23.9 Å². The number of unbranched alkanes of at least 4 members (excludes halogenated alkanes) is 9. The monoisotopic (exact) mass is 546 g/mol.